The van der Waals surface area contributed by atoms with Crippen molar-refractivity contribution in [3.05, 3.63) is 35.6 Å². The lowest BCUT2D eigenvalue weighted by Gasteiger charge is -2.20. The van der Waals surface area contributed by atoms with Crippen molar-refractivity contribution in [2.45, 2.75) is 37.6 Å². The van der Waals surface area contributed by atoms with E-state index in [9.17, 15) is 14.0 Å². The molecule has 0 saturated heterocycles. The number of amides is 1. The van der Waals surface area contributed by atoms with Crippen LogP contribution in [0.1, 0.15) is 31.7 Å². The van der Waals surface area contributed by atoms with Gasteiger partial charge in [0.25, 0.3) is 0 Å². The first-order valence-electron chi connectivity index (χ1n) is 6.68. The molecule has 108 valence electrons. The van der Waals surface area contributed by atoms with Gasteiger partial charge in [-0.2, -0.15) is 0 Å². The van der Waals surface area contributed by atoms with Crippen molar-refractivity contribution in [3.8, 4) is 0 Å². The van der Waals surface area contributed by atoms with E-state index in [4.69, 9.17) is 0 Å². The molecule has 1 aliphatic rings. The van der Waals surface area contributed by atoms with E-state index in [1.165, 1.54) is 19.2 Å². The molecule has 0 bridgehead atoms. The Bertz CT molecular complexity index is 508. The maximum Gasteiger partial charge on any atom is 0.328 e. The normalized spacial score (nSPS) is 17.1. The van der Waals surface area contributed by atoms with Crippen molar-refractivity contribution in [1.82, 2.24) is 5.32 Å². The first-order chi connectivity index (χ1) is 9.53. The topological polar surface area (TPSA) is 55.4 Å². The van der Waals surface area contributed by atoms with E-state index in [1.54, 1.807) is 19.1 Å². The maximum absolute atomic E-state index is 13.0. The zero-order valence-electron chi connectivity index (χ0n) is 11.6. The van der Waals surface area contributed by atoms with Crippen LogP contribution in [0.15, 0.2) is 24.3 Å². The second-order valence-electron chi connectivity index (χ2n) is 5.05. The van der Waals surface area contributed by atoms with Gasteiger partial charge in [-0.05, 0) is 37.0 Å². The number of benzene rings is 1. The van der Waals surface area contributed by atoms with Gasteiger partial charge < -0.3 is 10.1 Å². The highest BCUT2D eigenvalue weighted by Gasteiger charge is 2.51. The minimum atomic E-state index is -0.634. The Labute approximate surface area is 117 Å². The zero-order chi connectivity index (χ0) is 14.8. The molecule has 1 aliphatic carbocycles. The predicted molar refractivity (Wildman–Crippen MR) is 71.5 cm³/mol. The van der Waals surface area contributed by atoms with Crippen molar-refractivity contribution in [1.29, 1.82) is 0 Å². The van der Waals surface area contributed by atoms with E-state index in [-0.39, 0.29) is 11.7 Å². The molecule has 20 heavy (non-hydrogen) atoms. The average molecular weight is 279 g/mol. The van der Waals surface area contributed by atoms with Crippen LogP contribution in [-0.4, -0.2) is 25.0 Å². The summed E-state index contributed by atoms with van der Waals surface area (Å²) in [5, 5.41) is 2.73. The number of nitrogens with one attached hydrogen (secondary N) is 1. The number of rotatable bonds is 5. The van der Waals surface area contributed by atoms with Crippen LogP contribution in [0.25, 0.3) is 0 Å². The van der Waals surface area contributed by atoms with Gasteiger partial charge in [0, 0.05) is 0 Å². The van der Waals surface area contributed by atoms with Crippen LogP contribution < -0.4 is 5.32 Å². The maximum atomic E-state index is 13.0. The molecule has 0 spiro atoms. The van der Waals surface area contributed by atoms with E-state index in [0.717, 1.165) is 5.56 Å². The molecule has 4 nitrogen and oxygen atoms in total. The summed E-state index contributed by atoms with van der Waals surface area (Å²) in [5.41, 5.74) is 0.172. The highest BCUT2D eigenvalue weighted by molar-refractivity contribution is 5.94. The van der Waals surface area contributed by atoms with Crippen molar-refractivity contribution >= 4 is 11.9 Å². The number of carbonyl (C=O) groups excluding carboxylic acids is 2. The standard InChI is InChI=1S/C15H18FNO3/c1-3-12(13(18)20-2)17-14(19)15(8-9-15)10-4-6-11(16)7-5-10/h4-7,12H,3,8-9H2,1-2H3,(H,17,19). The second-order valence-corrected chi connectivity index (χ2v) is 5.05. The third-order valence-electron chi connectivity index (χ3n) is 3.78. The number of ether oxygens (including phenoxy) is 1. The van der Waals surface area contributed by atoms with Gasteiger partial charge in [0.1, 0.15) is 11.9 Å². The van der Waals surface area contributed by atoms with Crippen LogP contribution in [-0.2, 0) is 19.7 Å². The molecule has 1 fully saturated rings. The molecule has 1 saturated carbocycles. The fourth-order valence-corrected chi connectivity index (χ4v) is 2.31. The summed E-state index contributed by atoms with van der Waals surface area (Å²) in [5.74, 6) is -0.969. The molecule has 1 amide bonds. The summed E-state index contributed by atoms with van der Waals surface area (Å²) < 4.78 is 17.6. The third-order valence-corrected chi connectivity index (χ3v) is 3.78. The van der Waals surface area contributed by atoms with Crippen LogP contribution in [0.2, 0.25) is 0 Å². The first kappa shape index (κ1) is 14.5. The molecule has 0 radical (unpaired) electrons. The number of esters is 1. The summed E-state index contributed by atoms with van der Waals surface area (Å²) in [7, 11) is 1.30. The van der Waals surface area contributed by atoms with E-state index in [0.29, 0.717) is 19.3 Å². The first-order valence-corrected chi connectivity index (χ1v) is 6.68. The van der Waals surface area contributed by atoms with Gasteiger partial charge in [0.2, 0.25) is 5.91 Å². The average Bonchev–Trinajstić information content (AvgIpc) is 3.26. The molecule has 5 heteroatoms. The van der Waals surface area contributed by atoms with E-state index < -0.39 is 17.4 Å². The Morgan fingerprint density at radius 1 is 1.35 bits per heavy atom. The molecule has 0 aromatic heterocycles. The smallest absolute Gasteiger partial charge is 0.328 e. The minimum Gasteiger partial charge on any atom is -0.467 e. The van der Waals surface area contributed by atoms with Gasteiger partial charge in [-0.15, -0.1) is 0 Å². The van der Waals surface area contributed by atoms with Crippen LogP contribution in [0.4, 0.5) is 4.39 Å². The van der Waals surface area contributed by atoms with E-state index >= 15 is 0 Å². The lowest BCUT2D eigenvalue weighted by molar-refractivity contribution is -0.145. The Morgan fingerprint density at radius 2 is 1.95 bits per heavy atom. The quantitative estimate of drug-likeness (QED) is 0.838. The van der Waals surface area contributed by atoms with Gasteiger partial charge >= 0.3 is 5.97 Å². The highest BCUT2D eigenvalue weighted by atomic mass is 19.1. The monoisotopic (exact) mass is 279 g/mol. The summed E-state index contributed by atoms with van der Waals surface area (Å²) in [6.45, 7) is 1.80. The van der Waals surface area contributed by atoms with Gasteiger partial charge in [-0.1, -0.05) is 19.1 Å². The fraction of sp³-hybridized carbons (Fsp3) is 0.467. The number of methoxy groups -OCH3 is 1. The van der Waals surface area contributed by atoms with Crippen LogP contribution in [0.3, 0.4) is 0 Å². The summed E-state index contributed by atoms with van der Waals surface area (Å²) in [6.07, 6.45) is 1.89. The Morgan fingerprint density at radius 3 is 2.40 bits per heavy atom. The number of halogens is 1. The molecule has 1 aromatic rings. The largest absolute Gasteiger partial charge is 0.467 e. The van der Waals surface area contributed by atoms with Crippen LogP contribution in [0.5, 0.6) is 0 Å². The van der Waals surface area contributed by atoms with Crippen LogP contribution >= 0.6 is 0 Å². The lowest BCUT2D eigenvalue weighted by atomic mass is 9.94. The van der Waals surface area contributed by atoms with E-state index in [1.807, 2.05) is 0 Å². The Kier molecular flexibility index (Phi) is 4.06. The molecular formula is C15H18FNO3. The Hall–Kier alpha value is -1.91. The SMILES string of the molecule is CCC(NC(=O)C1(c2ccc(F)cc2)CC1)C(=O)OC. The Balaban J connectivity index is 2.12. The molecule has 1 N–H and O–H groups in total. The van der Waals surface area contributed by atoms with Crippen LogP contribution in [0, 0.1) is 5.82 Å². The van der Waals surface area contributed by atoms with Crippen molar-refractivity contribution in [2.24, 2.45) is 0 Å². The molecule has 1 atom stereocenters. The number of hydrogen-bond acceptors (Lipinski definition) is 3. The third kappa shape index (κ3) is 2.66. The predicted octanol–water partition coefficient (Wildman–Crippen LogP) is 1.93. The highest BCUT2D eigenvalue weighted by Crippen LogP contribution is 2.48. The molecular weight excluding hydrogens is 261 g/mol. The molecule has 0 aliphatic heterocycles. The minimum absolute atomic E-state index is 0.193. The summed E-state index contributed by atoms with van der Waals surface area (Å²) in [6, 6.07) is 5.31. The van der Waals surface area contributed by atoms with Crippen molar-refractivity contribution < 1.29 is 18.7 Å². The number of hydrogen-bond donors (Lipinski definition) is 1. The van der Waals surface area contributed by atoms with E-state index in [2.05, 4.69) is 10.1 Å². The van der Waals surface area contributed by atoms with Gasteiger partial charge in [0.15, 0.2) is 0 Å². The van der Waals surface area contributed by atoms with Gasteiger partial charge in [-0.25, -0.2) is 9.18 Å². The number of carbonyl (C=O) groups is 2. The van der Waals surface area contributed by atoms with Crippen molar-refractivity contribution in [3.63, 3.8) is 0 Å². The lowest BCUT2D eigenvalue weighted by Crippen LogP contribution is -2.45. The van der Waals surface area contributed by atoms with Gasteiger partial charge in [-0.3, -0.25) is 4.79 Å². The molecule has 0 heterocycles. The zero-order valence-corrected chi connectivity index (χ0v) is 11.6. The summed E-state index contributed by atoms with van der Waals surface area (Å²) in [4.78, 5) is 23.9. The van der Waals surface area contributed by atoms with Gasteiger partial charge in [0.05, 0.1) is 12.5 Å². The van der Waals surface area contributed by atoms with Crippen molar-refractivity contribution in [2.75, 3.05) is 7.11 Å². The molecule has 1 aromatic carbocycles. The summed E-state index contributed by atoms with van der Waals surface area (Å²) >= 11 is 0. The second kappa shape index (κ2) is 5.61. The molecule has 2 rings (SSSR count). The fourth-order valence-electron chi connectivity index (χ4n) is 2.31. The molecule has 1 unspecified atom stereocenters.